The minimum Gasteiger partial charge on any atom is -0.394 e. The Morgan fingerprint density at radius 3 is 1.07 bits per heavy atom. The van der Waals surface area contributed by atoms with Crippen LogP contribution < -0.4 is 5.32 Å². The van der Waals surface area contributed by atoms with Crippen LogP contribution in [0, 0.1) is 0 Å². The standard InChI is InChI=1S/C32H55NO26/c1-7(39)33-13-24(18(44)12(6-38)51-28(13)50)56-30-26(21(47)16(42)9(3-35)53-30)58-32-27(22(48)17(43)11(5-37)55-32)59-31-25(20(46)15(41)10(4-36)54-31)57-29-23(49)19(45)14(40)8(2-34)52-29/h8-32,34-38,40-50H,2-6H2,1H3,(H,33,39)/t8-,9-,10-,11-,12-,13-,14-,15-,16-,17-,18-,19+,20+,21+,22+,23+,24-,25+,26+,27+,28-,29+,30+,31-,32-/m1/s1. The molecule has 0 radical (unpaired) electrons. The van der Waals surface area contributed by atoms with Crippen LogP contribution in [-0.4, -0.2) is 274 Å². The first kappa shape index (κ1) is 48.5. The summed E-state index contributed by atoms with van der Waals surface area (Å²) in [5.41, 5.74) is 0. The molecule has 5 aliphatic rings. The predicted molar refractivity (Wildman–Crippen MR) is 178 cm³/mol. The van der Waals surface area contributed by atoms with Crippen molar-refractivity contribution < 1.29 is 129 Å². The Kier molecular flexibility index (Phi) is 17.1. The highest BCUT2D eigenvalue weighted by atomic mass is 16.8. The van der Waals surface area contributed by atoms with Crippen molar-refractivity contribution in [1.29, 1.82) is 0 Å². The number of amides is 1. The van der Waals surface area contributed by atoms with Crippen LogP contribution in [0.25, 0.3) is 0 Å². The Morgan fingerprint density at radius 1 is 0.407 bits per heavy atom. The molecule has 59 heavy (non-hydrogen) atoms. The number of hydrogen-bond donors (Lipinski definition) is 17. The van der Waals surface area contributed by atoms with Crippen molar-refractivity contribution in [3.05, 3.63) is 0 Å². The molecule has 0 aromatic heterocycles. The van der Waals surface area contributed by atoms with E-state index in [0.717, 1.165) is 6.92 Å². The Balaban J connectivity index is 1.48. The van der Waals surface area contributed by atoms with Crippen molar-refractivity contribution in [3.63, 3.8) is 0 Å². The van der Waals surface area contributed by atoms with E-state index in [4.69, 9.17) is 42.6 Å². The van der Waals surface area contributed by atoms with Crippen LogP contribution in [0.5, 0.6) is 0 Å². The number of rotatable bonds is 14. The highest BCUT2D eigenvalue weighted by molar-refractivity contribution is 5.73. The fourth-order valence-corrected chi connectivity index (χ4v) is 7.37. The summed E-state index contributed by atoms with van der Waals surface area (Å²) < 4.78 is 50.9. The maximum absolute atomic E-state index is 12.0. The van der Waals surface area contributed by atoms with Gasteiger partial charge in [0.05, 0.1) is 33.0 Å². The molecule has 0 unspecified atom stereocenters. The van der Waals surface area contributed by atoms with Gasteiger partial charge in [0, 0.05) is 6.92 Å². The zero-order chi connectivity index (χ0) is 43.6. The third kappa shape index (κ3) is 10.2. The summed E-state index contributed by atoms with van der Waals surface area (Å²) in [6.07, 6.45) is -46.1. The van der Waals surface area contributed by atoms with Crippen LogP contribution in [0.4, 0.5) is 0 Å². The number of nitrogens with one attached hydrogen (secondary N) is 1. The topological polar surface area (TPSA) is 436 Å². The molecule has 0 spiro atoms. The molecule has 0 aromatic rings. The molecule has 0 aliphatic carbocycles. The molecule has 344 valence electrons. The van der Waals surface area contributed by atoms with Gasteiger partial charge in [0.15, 0.2) is 31.5 Å². The van der Waals surface area contributed by atoms with Gasteiger partial charge in [-0.2, -0.15) is 0 Å². The van der Waals surface area contributed by atoms with Crippen molar-refractivity contribution in [2.24, 2.45) is 0 Å². The normalized spacial score (nSPS) is 51.0. The predicted octanol–water partition coefficient (Wildman–Crippen LogP) is -11.8. The monoisotopic (exact) mass is 869 g/mol. The maximum Gasteiger partial charge on any atom is 0.217 e. The minimum absolute atomic E-state index is 0.750. The molecule has 27 nitrogen and oxygen atoms in total. The Morgan fingerprint density at radius 2 is 0.712 bits per heavy atom. The van der Waals surface area contributed by atoms with Crippen LogP contribution in [0.2, 0.25) is 0 Å². The van der Waals surface area contributed by atoms with E-state index in [1.54, 1.807) is 0 Å². The van der Waals surface area contributed by atoms with E-state index in [-0.39, 0.29) is 0 Å². The second-order valence-electron chi connectivity index (χ2n) is 14.7. The van der Waals surface area contributed by atoms with E-state index in [1.807, 2.05) is 0 Å². The molecule has 17 N–H and O–H groups in total. The van der Waals surface area contributed by atoms with E-state index in [0.29, 0.717) is 0 Å². The second-order valence-corrected chi connectivity index (χ2v) is 14.7. The van der Waals surface area contributed by atoms with Crippen LogP contribution in [0.3, 0.4) is 0 Å². The molecule has 25 atom stereocenters. The molecular formula is C32H55NO26. The summed E-state index contributed by atoms with van der Waals surface area (Å²) in [5.74, 6) is -0.750. The Hall–Kier alpha value is -1.53. The van der Waals surface area contributed by atoms with E-state index >= 15 is 0 Å². The van der Waals surface area contributed by atoms with Gasteiger partial charge in [-0.05, 0) is 0 Å². The summed E-state index contributed by atoms with van der Waals surface area (Å²) in [4.78, 5) is 12.0. The van der Waals surface area contributed by atoms with Gasteiger partial charge in [-0.3, -0.25) is 4.79 Å². The van der Waals surface area contributed by atoms with E-state index < -0.39 is 192 Å². The average molecular weight is 870 g/mol. The van der Waals surface area contributed by atoms with Gasteiger partial charge in [-0.15, -0.1) is 0 Å². The second kappa shape index (κ2) is 20.8. The molecule has 27 heteroatoms. The fourth-order valence-electron chi connectivity index (χ4n) is 7.37. The van der Waals surface area contributed by atoms with E-state index in [2.05, 4.69) is 5.32 Å². The molecule has 5 aliphatic heterocycles. The molecule has 0 aromatic carbocycles. The smallest absolute Gasteiger partial charge is 0.217 e. The lowest BCUT2D eigenvalue weighted by Gasteiger charge is -2.50. The third-order valence-electron chi connectivity index (χ3n) is 10.7. The molecule has 5 rings (SSSR count). The molecule has 5 heterocycles. The minimum atomic E-state index is -2.17. The highest BCUT2D eigenvalue weighted by Gasteiger charge is 2.57. The lowest BCUT2D eigenvalue weighted by Crippen LogP contribution is -2.69. The highest BCUT2D eigenvalue weighted by Crippen LogP contribution is 2.36. The van der Waals surface area contributed by atoms with Gasteiger partial charge in [-0.25, -0.2) is 0 Å². The molecular weight excluding hydrogens is 814 g/mol. The Labute approximate surface area is 333 Å². The van der Waals surface area contributed by atoms with Gasteiger partial charge in [-0.1, -0.05) is 0 Å². The van der Waals surface area contributed by atoms with Crippen molar-refractivity contribution >= 4 is 5.91 Å². The van der Waals surface area contributed by atoms with Crippen LogP contribution in [-0.2, 0) is 47.4 Å². The summed E-state index contributed by atoms with van der Waals surface area (Å²) in [6, 6.07) is -1.59. The van der Waals surface area contributed by atoms with Crippen LogP contribution in [0.1, 0.15) is 6.92 Å². The summed E-state index contributed by atoms with van der Waals surface area (Å²) >= 11 is 0. The number of aliphatic hydroxyl groups is 16. The zero-order valence-electron chi connectivity index (χ0n) is 31.2. The summed E-state index contributed by atoms with van der Waals surface area (Å²) in [6.45, 7) is -3.62. The van der Waals surface area contributed by atoms with E-state index in [1.165, 1.54) is 0 Å². The lowest BCUT2D eigenvalue weighted by atomic mass is 9.95. The van der Waals surface area contributed by atoms with Gasteiger partial charge in [0.25, 0.3) is 0 Å². The quantitative estimate of drug-likeness (QED) is 0.0770. The first-order valence-corrected chi connectivity index (χ1v) is 18.6. The fraction of sp³-hybridized carbons (Fsp3) is 0.969. The number of carbonyl (C=O) groups excluding carboxylic acids is 1. The first-order valence-electron chi connectivity index (χ1n) is 18.6. The maximum atomic E-state index is 12.0. The first-order chi connectivity index (χ1) is 27.9. The Bertz CT molecular complexity index is 1320. The lowest BCUT2D eigenvalue weighted by molar-refractivity contribution is -0.410. The van der Waals surface area contributed by atoms with Crippen LogP contribution >= 0.6 is 0 Å². The third-order valence-corrected chi connectivity index (χ3v) is 10.7. The number of carbonyl (C=O) groups is 1. The van der Waals surface area contributed by atoms with Gasteiger partial charge < -0.3 is 130 Å². The average Bonchev–Trinajstić information content (AvgIpc) is 3.21. The molecule has 5 fully saturated rings. The largest absolute Gasteiger partial charge is 0.394 e. The van der Waals surface area contributed by atoms with E-state index in [9.17, 15) is 86.5 Å². The van der Waals surface area contributed by atoms with Gasteiger partial charge >= 0.3 is 0 Å². The number of hydrogen-bond acceptors (Lipinski definition) is 26. The molecule has 1 amide bonds. The van der Waals surface area contributed by atoms with Crippen molar-refractivity contribution in [2.75, 3.05) is 33.0 Å². The van der Waals surface area contributed by atoms with Crippen molar-refractivity contribution in [1.82, 2.24) is 5.32 Å². The molecule has 0 bridgehead atoms. The van der Waals surface area contributed by atoms with Gasteiger partial charge in [0.2, 0.25) is 5.91 Å². The number of ether oxygens (including phenoxy) is 9. The van der Waals surface area contributed by atoms with Crippen molar-refractivity contribution in [3.8, 4) is 0 Å². The molecule has 0 saturated carbocycles. The van der Waals surface area contributed by atoms with Crippen LogP contribution in [0.15, 0.2) is 0 Å². The SMILES string of the molecule is CC(=O)N[C@@H]1[C@@H](O[C@@H]2O[C@H](CO)[C@@H](O)[C@H](O)[C@@H]2O[C@H]2O[C@H](CO)[C@@H](O)[C@H](O)[C@@H]2O[C@H]2O[C@H](CO)[C@@H](O)[C@H](O)[C@@H]2O[C@@H]2O[C@H](CO)[C@@H](O)[C@H](O)[C@@H]2O)[C@H](O)[C@@H](CO)O[C@H]1O. The zero-order valence-corrected chi connectivity index (χ0v) is 31.2. The summed E-state index contributed by atoms with van der Waals surface area (Å²) in [5, 5.41) is 171. The summed E-state index contributed by atoms with van der Waals surface area (Å²) in [7, 11) is 0. The van der Waals surface area contributed by atoms with Crippen molar-refractivity contribution in [2.45, 2.75) is 160 Å². The number of aliphatic hydroxyl groups excluding tert-OH is 16. The van der Waals surface area contributed by atoms with Gasteiger partial charge in [0.1, 0.15) is 122 Å². The molecule has 5 saturated heterocycles.